The first-order valence-electron chi connectivity index (χ1n) is 7.08. The molecule has 0 spiro atoms. The minimum Gasteiger partial charge on any atom is -0.377 e. The fraction of sp³-hybridized carbons (Fsp3) is 0.438. The SMILES string of the molecule is C=CCNC(=NCc1ccc(COCC)cc1)NCC.I. The molecule has 0 saturated heterocycles. The highest BCUT2D eigenvalue weighted by Gasteiger charge is 1.97. The van der Waals surface area contributed by atoms with Crippen LogP contribution in [0.25, 0.3) is 0 Å². The monoisotopic (exact) mass is 403 g/mol. The van der Waals surface area contributed by atoms with Crippen molar-refractivity contribution < 1.29 is 4.74 Å². The average molecular weight is 403 g/mol. The van der Waals surface area contributed by atoms with Crippen molar-refractivity contribution in [3.63, 3.8) is 0 Å². The first-order chi connectivity index (χ1) is 9.80. The molecule has 118 valence electrons. The summed E-state index contributed by atoms with van der Waals surface area (Å²) >= 11 is 0. The van der Waals surface area contributed by atoms with Gasteiger partial charge in [-0.2, -0.15) is 0 Å². The van der Waals surface area contributed by atoms with Gasteiger partial charge in [0.2, 0.25) is 0 Å². The number of halogens is 1. The Morgan fingerprint density at radius 1 is 1.19 bits per heavy atom. The fourth-order valence-corrected chi connectivity index (χ4v) is 1.64. The Morgan fingerprint density at radius 3 is 2.43 bits per heavy atom. The predicted molar refractivity (Wildman–Crippen MR) is 100 cm³/mol. The molecule has 0 aliphatic rings. The Labute approximate surface area is 145 Å². The van der Waals surface area contributed by atoms with E-state index in [0.717, 1.165) is 19.1 Å². The molecule has 0 amide bonds. The third kappa shape index (κ3) is 8.72. The number of nitrogens with one attached hydrogen (secondary N) is 2. The van der Waals surface area contributed by atoms with E-state index in [1.807, 2.05) is 19.9 Å². The van der Waals surface area contributed by atoms with Crippen LogP contribution in [0.3, 0.4) is 0 Å². The topological polar surface area (TPSA) is 45.7 Å². The van der Waals surface area contributed by atoms with Crippen LogP contribution in [0.5, 0.6) is 0 Å². The highest BCUT2D eigenvalue weighted by Crippen LogP contribution is 2.06. The van der Waals surface area contributed by atoms with Gasteiger partial charge in [-0.05, 0) is 25.0 Å². The smallest absolute Gasteiger partial charge is 0.191 e. The van der Waals surface area contributed by atoms with Gasteiger partial charge in [-0.3, -0.25) is 0 Å². The van der Waals surface area contributed by atoms with Crippen molar-refractivity contribution in [1.82, 2.24) is 10.6 Å². The van der Waals surface area contributed by atoms with Crippen LogP contribution in [0.4, 0.5) is 0 Å². The van der Waals surface area contributed by atoms with E-state index in [1.54, 1.807) is 0 Å². The van der Waals surface area contributed by atoms with E-state index < -0.39 is 0 Å². The maximum atomic E-state index is 5.38. The van der Waals surface area contributed by atoms with E-state index >= 15 is 0 Å². The molecule has 0 saturated carbocycles. The van der Waals surface area contributed by atoms with Crippen LogP contribution in [-0.4, -0.2) is 25.7 Å². The second-order valence-corrected chi connectivity index (χ2v) is 4.32. The van der Waals surface area contributed by atoms with Crippen LogP contribution >= 0.6 is 24.0 Å². The lowest BCUT2D eigenvalue weighted by atomic mass is 10.1. The molecule has 1 aromatic carbocycles. The van der Waals surface area contributed by atoms with Crippen molar-refractivity contribution in [1.29, 1.82) is 0 Å². The second-order valence-electron chi connectivity index (χ2n) is 4.32. The van der Waals surface area contributed by atoms with Crippen LogP contribution in [0.1, 0.15) is 25.0 Å². The number of guanidine groups is 1. The molecule has 0 atom stereocenters. The molecule has 1 aromatic rings. The Bertz CT molecular complexity index is 418. The summed E-state index contributed by atoms with van der Waals surface area (Å²) in [5, 5.41) is 6.38. The van der Waals surface area contributed by atoms with E-state index in [9.17, 15) is 0 Å². The van der Waals surface area contributed by atoms with Gasteiger partial charge in [-0.25, -0.2) is 4.99 Å². The van der Waals surface area contributed by atoms with E-state index in [0.29, 0.717) is 19.7 Å². The molecule has 0 aliphatic heterocycles. The molecule has 4 nitrogen and oxygen atoms in total. The molecule has 21 heavy (non-hydrogen) atoms. The number of nitrogens with zero attached hydrogens (tertiary/aromatic N) is 1. The zero-order valence-electron chi connectivity index (χ0n) is 12.9. The zero-order valence-corrected chi connectivity index (χ0v) is 15.2. The van der Waals surface area contributed by atoms with Crippen molar-refractivity contribution in [2.75, 3.05) is 19.7 Å². The van der Waals surface area contributed by atoms with Crippen molar-refractivity contribution in [2.45, 2.75) is 27.0 Å². The van der Waals surface area contributed by atoms with Crippen molar-refractivity contribution in [3.05, 3.63) is 48.0 Å². The highest BCUT2D eigenvalue weighted by atomic mass is 127. The molecule has 0 bridgehead atoms. The van der Waals surface area contributed by atoms with Gasteiger partial charge in [0.05, 0.1) is 13.2 Å². The molecule has 0 aliphatic carbocycles. The Hall–Kier alpha value is -1.08. The van der Waals surface area contributed by atoms with Gasteiger partial charge >= 0.3 is 0 Å². The molecule has 0 radical (unpaired) electrons. The van der Waals surface area contributed by atoms with Gasteiger partial charge in [0.15, 0.2) is 5.96 Å². The maximum Gasteiger partial charge on any atom is 0.191 e. The third-order valence-electron chi connectivity index (χ3n) is 2.67. The zero-order chi connectivity index (χ0) is 14.6. The lowest BCUT2D eigenvalue weighted by Gasteiger charge is -2.09. The number of hydrogen-bond donors (Lipinski definition) is 2. The quantitative estimate of drug-likeness (QED) is 0.304. The molecule has 5 heteroatoms. The Morgan fingerprint density at radius 2 is 1.86 bits per heavy atom. The summed E-state index contributed by atoms with van der Waals surface area (Å²) < 4.78 is 5.38. The summed E-state index contributed by atoms with van der Waals surface area (Å²) in [5.74, 6) is 0.811. The number of hydrogen-bond acceptors (Lipinski definition) is 2. The predicted octanol–water partition coefficient (Wildman–Crippen LogP) is 3.08. The largest absolute Gasteiger partial charge is 0.377 e. The normalized spacial score (nSPS) is 10.7. The highest BCUT2D eigenvalue weighted by molar-refractivity contribution is 14.0. The summed E-state index contributed by atoms with van der Waals surface area (Å²) in [4.78, 5) is 4.53. The lowest BCUT2D eigenvalue weighted by Crippen LogP contribution is -2.37. The van der Waals surface area contributed by atoms with Gasteiger partial charge in [-0.1, -0.05) is 30.3 Å². The molecule has 0 unspecified atom stereocenters. The third-order valence-corrected chi connectivity index (χ3v) is 2.67. The van der Waals surface area contributed by atoms with Crippen molar-refractivity contribution in [2.24, 2.45) is 4.99 Å². The minimum atomic E-state index is 0. The summed E-state index contributed by atoms with van der Waals surface area (Å²) in [6.07, 6.45) is 1.81. The first kappa shape index (κ1) is 19.9. The summed E-state index contributed by atoms with van der Waals surface area (Å²) in [5.41, 5.74) is 2.37. The van der Waals surface area contributed by atoms with Crippen LogP contribution in [-0.2, 0) is 17.9 Å². The van der Waals surface area contributed by atoms with Crippen LogP contribution in [0.15, 0.2) is 41.9 Å². The van der Waals surface area contributed by atoms with E-state index in [1.165, 1.54) is 11.1 Å². The van der Waals surface area contributed by atoms with Gasteiger partial charge < -0.3 is 15.4 Å². The molecule has 0 fully saturated rings. The number of ether oxygens (including phenoxy) is 1. The standard InChI is InChI=1S/C16H25N3O.HI/c1-4-11-18-16(17-5-2)19-12-14-7-9-15(10-8-14)13-20-6-3;/h4,7-10H,1,5-6,11-13H2,2-3H3,(H2,17,18,19);1H. The molecule has 0 aromatic heterocycles. The maximum absolute atomic E-state index is 5.38. The van der Waals surface area contributed by atoms with E-state index in [4.69, 9.17) is 4.74 Å². The number of benzene rings is 1. The van der Waals surface area contributed by atoms with Gasteiger partial charge in [0.1, 0.15) is 0 Å². The Balaban J connectivity index is 0.00000400. The van der Waals surface area contributed by atoms with Crippen LogP contribution in [0.2, 0.25) is 0 Å². The van der Waals surface area contributed by atoms with Gasteiger partial charge in [0, 0.05) is 19.7 Å². The van der Waals surface area contributed by atoms with E-state index in [2.05, 4.69) is 46.5 Å². The van der Waals surface area contributed by atoms with Crippen molar-refractivity contribution in [3.8, 4) is 0 Å². The minimum absolute atomic E-state index is 0. The van der Waals surface area contributed by atoms with Crippen LogP contribution in [0, 0.1) is 0 Å². The Kier molecular flexibility index (Phi) is 12.0. The summed E-state index contributed by atoms with van der Waals surface area (Å²) in [7, 11) is 0. The average Bonchev–Trinajstić information content (AvgIpc) is 2.49. The van der Waals surface area contributed by atoms with Crippen LogP contribution < -0.4 is 10.6 Å². The molecular weight excluding hydrogens is 377 g/mol. The van der Waals surface area contributed by atoms with Gasteiger partial charge in [-0.15, -0.1) is 30.6 Å². The van der Waals surface area contributed by atoms with E-state index in [-0.39, 0.29) is 24.0 Å². The summed E-state index contributed by atoms with van der Waals surface area (Å²) in [6.45, 7) is 11.4. The number of aliphatic imine (C=N–C) groups is 1. The molecule has 0 heterocycles. The first-order valence-corrected chi connectivity index (χ1v) is 7.08. The van der Waals surface area contributed by atoms with Gasteiger partial charge in [0.25, 0.3) is 0 Å². The van der Waals surface area contributed by atoms with Crippen molar-refractivity contribution >= 4 is 29.9 Å². The summed E-state index contributed by atoms with van der Waals surface area (Å²) in [6, 6.07) is 8.36. The second kappa shape index (κ2) is 12.6. The fourth-order valence-electron chi connectivity index (χ4n) is 1.64. The lowest BCUT2D eigenvalue weighted by molar-refractivity contribution is 0.134. The molecule has 2 N–H and O–H groups in total. The molecule has 1 rings (SSSR count). The molecular formula is C16H26IN3O. The number of rotatable bonds is 8.